The van der Waals surface area contributed by atoms with Crippen molar-refractivity contribution in [2.75, 3.05) is 26.4 Å². The predicted molar refractivity (Wildman–Crippen MR) is 86.1 cm³/mol. The molecule has 1 atom stereocenters. The number of nitrogens with one attached hydrogen (secondary N) is 2. The van der Waals surface area contributed by atoms with Crippen molar-refractivity contribution in [1.82, 2.24) is 10.6 Å². The molecule has 5 heteroatoms. The van der Waals surface area contributed by atoms with Gasteiger partial charge in [0.2, 0.25) is 0 Å². The molecule has 0 saturated carbocycles. The van der Waals surface area contributed by atoms with Crippen LogP contribution in [0.4, 0.5) is 4.79 Å². The molecule has 0 unspecified atom stereocenters. The van der Waals surface area contributed by atoms with Crippen molar-refractivity contribution in [3.8, 4) is 5.75 Å². The first-order chi connectivity index (χ1) is 10.7. The Balaban J connectivity index is 1.80. The van der Waals surface area contributed by atoms with Gasteiger partial charge in [0, 0.05) is 12.1 Å². The van der Waals surface area contributed by atoms with E-state index < -0.39 is 0 Å². The summed E-state index contributed by atoms with van der Waals surface area (Å²) in [6.07, 6.45) is 1.79. The highest BCUT2D eigenvalue weighted by atomic mass is 16.5. The molecule has 2 rings (SSSR count). The molecule has 0 aliphatic carbocycles. The highest BCUT2D eigenvalue weighted by Gasteiger charge is 2.20. The molecule has 120 valence electrons. The van der Waals surface area contributed by atoms with Crippen molar-refractivity contribution >= 4 is 6.03 Å². The Morgan fingerprint density at radius 1 is 1.45 bits per heavy atom. The Kier molecular flexibility index (Phi) is 6.27. The summed E-state index contributed by atoms with van der Waals surface area (Å²) in [6.45, 7) is 7.83. The summed E-state index contributed by atoms with van der Waals surface area (Å²) in [4.78, 5) is 12.0. The van der Waals surface area contributed by atoms with Gasteiger partial charge in [-0.1, -0.05) is 30.4 Å². The minimum absolute atomic E-state index is 0.0185. The quantitative estimate of drug-likeness (QED) is 0.627. The van der Waals surface area contributed by atoms with Gasteiger partial charge in [-0.2, -0.15) is 0 Å². The Bertz CT molecular complexity index is 516. The molecular formula is C17H24N2O3. The van der Waals surface area contributed by atoms with Crippen LogP contribution in [0, 0.1) is 0 Å². The van der Waals surface area contributed by atoms with Gasteiger partial charge < -0.3 is 20.1 Å². The van der Waals surface area contributed by atoms with Crippen LogP contribution in [-0.4, -0.2) is 32.4 Å². The summed E-state index contributed by atoms with van der Waals surface area (Å²) < 4.78 is 11.0. The molecule has 1 aliphatic heterocycles. The van der Waals surface area contributed by atoms with E-state index >= 15 is 0 Å². The molecule has 5 nitrogen and oxygen atoms in total. The standard InChI is InChI=1S/C17H24N2O3/c1-13(2)12-21-11-9-18-17(20)19-15-7-5-10-22-16-8-4-3-6-14(15)16/h3-4,6,8,15H,1,5,7,9-12H2,2H3,(H2,18,19,20)/t15-/m0/s1. The van der Waals surface area contributed by atoms with Gasteiger partial charge in [-0.3, -0.25) is 0 Å². The van der Waals surface area contributed by atoms with Crippen molar-refractivity contribution in [2.45, 2.75) is 25.8 Å². The fourth-order valence-electron chi connectivity index (χ4n) is 2.37. The monoisotopic (exact) mass is 304 g/mol. The molecule has 0 spiro atoms. The van der Waals surface area contributed by atoms with E-state index in [1.54, 1.807) is 0 Å². The third-order valence-electron chi connectivity index (χ3n) is 3.37. The van der Waals surface area contributed by atoms with Crippen LogP contribution in [0.25, 0.3) is 0 Å². The molecule has 1 aromatic carbocycles. The van der Waals surface area contributed by atoms with Gasteiger partial charge in [0.15, 0.2) is 0 Å². The molecule has 0 bridgehead atoms. The van der Waals surface area contributed by atoms with Crippen molar-refractivity contribution < 1.29 is 14.3 Å². The number of urea groups is 1. The topological polar surface area (TPSA) is 59.6 Å². The second-order valence-electron chi connectivity index (χ2n) is 5.49. The summed E-state index contributed by atoms with van der Waals surface area (Å²) >= 11 is 0. The molecule has 0 fully saturated rings. The lowest BCUT2D eigenvalue weighted by molar-refractivity contribution is 0.157. The number of carbonyl (C=O) groups is 1. The van der Waals surface area contributed by atoms with Crippen molar-refractivity contribution in [3.05, 3.63) is 42.0 Å². The Morgan fingerprint density at radius 3 is 3.09 bits per heavy atom. The third-order valence-corrected chi connectivity index (χ3v) is 3.37. The van der Waals surface area contributed by atoms with Crippen LogP contribution in [0.5, 0.6) is 5.75 Å². The van der Waals surface area contributed by atoms with Crippen LogP contribution in [0.1, 0.15) is 31.4 Å². The lowest BCUT2D eigenvalue weighted by Gasteiger charge is -2.18. The summed E-state index contributed by atoms with van der Waals surface area (Å²) in [5.74, 6) is 0.857. The maximum absolute atomic E-state index is 12.0. The van der Waals surface area contributed by atoms with Gasteiger partial charge >= 0.3 is 6.03 Å². The van der Waals surface area contributed by atoms with E-state index in [-0.39, 0.29) is 12.1 Å². The maximum Gasteiger partial charge on any atom is 0.315 e. The SMILES string of the molecule is C=C(C)COCCNC(=O)N[C@H]1CCCOc2ccccc21. The van der Waals surface area contributed by atoms with E-state index in [2.05, 4.69) is 17.2 Å². The highest BCUT2D eigenvalue weighted by molar-refractivity contribution is 5.74. The molecule has 0 radical (unpaired) electrons. The zero-order valence-electron chi connectivity index (χ0n) is 13.1. The van der Waals surface area contributed by atoms with Gasteiger partial charge in [0.25, 0.3) is 0 Å². The van der Waals surface area contributed by atoms with Crippen molar-refractivity contribution in [1.29, 1.82) is 0 Å². The van der Waals surface area contributed by atoms with Crippen LogP contribution in [-0.2, 0) is 4.74 Å². The number of rotatable bonds is 6. The van der Waals surface area contributed by atoms with Gasteiger partial charge in [0.1, 0.15) is 5.75 Å². The van der Waals surface area contributed by atoms with Gasteiger partial charge in [-0.05, 0) is 25.8 Å². The van der Waals surface area contributed by atoms with E-state index in [1.807, 2.05) is 31.2 Å². The molecule has 1 aromatic rings. The first-order valence-corrected chi connectivity index (χ1v) is 7.65. The van der Waals surface area contributed by atoms with E-state index in [4.69, 9.17) is 9.47 Å². The van der Waals surface area contributed by atoms with E-state index in [0.717, 1.165) is 29.7 Å². The molecule has 1 heterocycles. The average Bonchev–Trinajstić information content (AvgIpc) is 2.69. The van der Waals surface area contributed by atoms with Gasteiger partial charge in [-0.25, -0.2) is 4.79 Å². The summed E-state index contributed by atoms with van der Waals surface area (Å²) in [6, 6.07) is 7.65. The number of hydrogen-bond acceptors (Lipinski definition) is 3. The van der Waals surface area contributed by atoms with E-state index in [0.29, 0.717) is 26.4 Å². The van der Waals surface area contributed by atoms with E-state index in [9.17, 15) is 4.79 Å². The van der Waals surface area contributed by atoms with Crippen LogP contribution in [0.3, 0.4) is 0 Å². The van der Waals surface area contributed by atoms with E-state index in [1.165, 1.54) is 0 Å². The number of amides is 2. The zero-order valence-corrected chi connectivity index (χ0v) is 13.1. The maximum atomic E-state index is 12.0. The number of benzene rings is 1. The lowest BCUT2D eigenvalue weighted by atomic mass is 10.0. The van der Waals surface area contributed by atoms with Crippen LogP contribution >= 0.6 is 0 Å². The van der Waals surface area contributed by atoms with Crippen molar-refractivity contribution in [3.63, 3.8) is 0 Å². The summed E-state index contributed by atoms with van der Waals surface area (Å²) in [5.41, 5.74) is 2.01. The zero-order chi connectivity index (χ0) is 15.8. The molecule has 0 saturated heterocycles. The van der Waals surface area contributed by atoms with Gasteiger partial charge in [0.05, 0.1) is 25.9 Å². The summed E-state index contributed by atoms with van der Waals surface area (Å²) in [7, 11) is 0. The number of carbonyl (C=O) groups excluding carboxylic acids is 1. The van der Waals surface area contributed by atoms with Crippen LogP contribution < -0.4 is 15.4 Å². The Morgan fingerprint density at radius 2 is 2.27 bits per heavy atom. The normalized spacial score (nSPS) is 16.9. The number of hydrogen-bond donors (Lipinski definition) is 2. The minimum Gasteiger partial charge on any atom is -0.493 e. The molecule has 0 aromatic heterocycles. The largest absolute Gasteiger partial charge is 0.493 e. The van der Waals surface area contributed by atoms with Gasteiger partial charge in [-0.15, -0.1) is 0 Å². The minimum atomic E-state index is -0.180. The number of ether oxygens (including phenoxy) is 2. The molecule has 2 N–H and O–H groups in total. The fraction of sp³-hybridized carbons (Fsp3) is 0.471. The second kappa shape index (κ2) is 8.44. The average molecular weight is 304 g/mol. The van der Waals surface area contributed by atoms with Crippen molar-refractivity contribution in [2.24, 2.45) is 0 Å². The fourth-order valence-corrected chi connectivity index (χ4v) is 2.37. The number of fused-ring (bicyclic) bond motifs is 1. The molecule has 22 heavy (non-hydrogen) atoms. The molecule has 2 amide bonds. The predicted octanol–water partition coefficient (Wildman–Crippen LogP) is 2.79. The number of para-hydroxylation sites is 1. The van der Waals surface area contributed by atoms with Crippen LogP contribution in [0.2, 0.25) is 0 Å². The second-order valence-corrected chi connectivity index (χ2v) is 5.49. The lowest BCUT2D eigenvalue weighted by Crippen LogP contribution is -2.39. The third kappa shape index (κ3) is 5.07. The first kappa shape index (κ1) is 16.4. The Hall–Kier alpha value is -2.01. The molecule has 1 aliphatic rings. The summed E-state index contributed by atoms with van der Waals surface area (Å²) in [5, 5.41) is 5.82. The Labute approximate surface area is 131 Å². The van der Waals surface area contributed by atoms with Crippen LogP contribution in [0.15, 0.2) is 36.4 Å². The highest BCUT2D eigenvalue weighted by Crippen LogP contribution is 2.30. The molecular weight excluding hydrogens is 280 g/mol. The smallest absolute Gasteiger partial charge is 0.315 e. The first-order valence-electron chi connectivity index (χ1n) is 7.65.